The molecule has 2 aliphatic rings. The fraction of sp³-hybridized carbons (Fsp3) is 0.556. The monoisotopic (exact) mass is 316 g/mol. The Kier molecular flexibility index (Phi) is 4.84. The molecule has 2 heterocycles. The second-order valence-corrected chi connectivity index (χ2v) is 6.38. The summed E-state index contributed by atoms with van der Waals surface area (Å²) in [6.45, 7) is 1.30. The Hall–Kier alpha value is -2.04. The van der Waals surface area contributed by atoms with Crippen LogP contribution >= 0.6 is 0 Å². The van der Waals surface area contributed by atoms with Crippen LogP contribution in [0.4, 0.5) is 0 Å². The van der Waals surface area contributed by atoms with E-state index in [2.05, 4.69) is 11.4 Å². The highest BCUT2D eigenvalue weighted by molar-refractivity contribution is 5.84. The molecule has 124 valence electrons. The van der Waals surface area contributed by atoms with Crippen LogP contribution in [-0.4, -0.2) is 43.0 Å². The third-order valence-electron chi connectivity index (χ3n) is 4.92. The van der Waals surface area contributed by atoms with Crippen LogP contribution in [0.25, 0.3) is 0 Å². The third-order valence-corrected chi connectivity index (χ3v) is 4.92. The van der Waals surface area contributed by atoms with Gasteiger partial charge in [-0.25, -0.2) is 0 Å². The standard InChI is InChI=1S/C18H24N2O3/c1-23-16-7-3-2-5-13(16)11-15-6-4-10-20(15)18(22)14-8-9-17(21)19-12-14/h2-3,5,7,14-15H,4,6,8-12H2,1H3,(H,19,21)/t14-,15+/m1/s1. The summed E-state index contributed by atoms with van der Waals surface area (Å²) in [6.07, 6.45) is 4.03. The second-order valence-electron chi connectivity index (χ2n) is 6.38. The van der Waals surface area contributed by atoms with Crippen LogP contribution in [0.2, 0.25) is 0 Å². The molecule has 3 rings (SSSR count). The van der Waals surface area contributed by atoms with Crippen molar-refractivity contribution in [1.29, 1.82) is 0 Å². The summed E-state index contributed by atoms with van der Waals surface area (Å²) in [5.41, 5.74) is 1.15. The maximum Gasteiger partial charge on any atom is 0.227 e. The summed E-state index contributed by atoms with van der Waals surface area (Å²) >= 11 is 0. The van der Waals surface area contributed by atoms with Crippen LogP contribution in [0.3, 0.4) is 0 Å². The van der Waals surface area contributed by atoms with E-state index in [1.807, 2.05) is 23.1 Å². The lowest BCUT2D eigenvalue weighted by Crippen LogP contribution is -2.46. The molecule has 0 radical (unpaired) electrons. The van der Waals surface area contributed by atoms with Gasteiger partial charge >= 0.3 is 0 Å². The van der Waals surface area contributed by atoms with Gasteiger partial charge in [-0.2, -0.15) is 0 Å². The predicted octanol–water partition coefficient (Wildman–Crippen LogP) is 1.75. The molecule has 2 fully saturated rings. The molecule has 2 atom stereocenters. The summed E-state index contributed by atoms with van der Waals surface area (Å²) in [7, 11) is 1.68. The van der Waals surface area contributed by atoms with Crippen molar-refractivity contribution in [1.82, 2.24) is 10.2 Å². The molecule has 2 saturated heterocycles. The summed E-state index contributed by atoms with van der Waals surface area (Å²) < 4.78 is 5.43. The van der Waals surface area contributed by atoms with Gasteiger partial charge in [0.05, 0.1) is 13.0 Å². The van der Waals surface area contributed by atoms with Crippen molar-refractivity contribution in [2.75, 3.05) is 20.2 Å². The van der Waals surface area contributed by atoms with Gasteiger partial charge in [-0.1, -0.05) is 18.2 Å². The van der Waals surface area contributed by atoms with Crippen molar-refractivity contribution in [3.8, 4) is 5.75 Å². The SMILES string of the molecule is COc1ccccc1C[C@@H]1CCCN1C(=O)[C@@H]1CCC(=O)NC1. The number of carbonyl (C=O) groups is 2. The molecule has 0 aliphatic carbocycles. The summed E-state index contributed by atoms with van der Waals surface area (Å²) in [5.74, 6) is 1.08. The molecule has 1 aromatic carbocycles. The van der Waals surface area contributed by atoms with Gasteiger partial charge in [0.2, 0.25) is 11.8 Å². The van der Waals surface area contributed by atoms with E-state index in [-0.39, 0.29) is 23.8 Å². The van der Waals surface area contributed by atoms with Gasteiger partial charge in [0.25, 0.3) is 0 Å². The van der Waals surface area contributed by atoms with Crippen LogP contribution in [0.15, 0.2) is 24.3 Å². The van der Waals surface area contributed by atoms with Crippen LogP contribution in [-0.2, 0) is 16.0 Å². The molecule has 1 N–H and O–H groups in total. The van der Waals surface area contributed by atoms with E-state index in [0.29, 0.717) is 19.4 Å². The summed E-state index contributed by atoms with van der Waals surface area (Å²) in [4.78, 5) is 26.1. The Bertz CT molecular complexity index is 577. The Morgan fingerprint density at radius 3 is 2.91 bits per heavy atom. The molecule has 2 amide bonds. The van der Waals surface area contributed by atoms with Gasteiger partial charge in [0, 0.05) is 25.6 Å². The molecular formula is C18H24N2O3. The topological polar surface area (TPSA) is 58.6 Å². The van der Waals surface area contributed by atoms with E-state index in [1.54, 1.807) is 7.11 Å². The zero-order chi connectivity index (χ0) is 16.2. The highest BCUT2D eigenvalue weighted by atomic mass is 16.5. The first-order valence-electron chi connectivity index (χ1n) is 8.38. The van der Waals surface area contributed by atoms with E-state index in [1.165, 1.54) is 0 Å². The minimum Gasteiger partial charge on any atom is -0.496 e. The highest BCUT2D eigenvalue weighted by Gasteiger charge is 2.34. The van der Waals surface area contributed by atoms with Crippen molar-refractivity contribution in [3.05, 3.63) is 29.8 Å². The van der Waals surface area contributed by atoms with E-state index in [0.717, 1.165) is 37.1 Å². The third kappa shape index (κ3) is 3.49. The van der Waals surface area contributed by atoms with E-state index in [9.17, 15) is 9.59 Å². The first-order valence-corrected chi connectivity index (χ1v) is 8.38. The number of carbonyl (C=O) groups excluding carboxylic acids is 2. The van der Waals surface area contributed by atoms with Crippen LogP contribution in [0.1, 0.15) is 31.2 Å². The van der Waals surface area contributed by atoms with Crippen LogP contribution < -0.4 is 10.1 Å². The van der Waals surface area contributed by atoms with Gasteiger partial charge in [-0.3, -0.25) is 9.59 Å². The van der Waals surface area contributed by atoms with Gasteiger partial charge in [-0.15, -0.1) is 0 Å². The lowest BCUT2D eigenvalue weighted by atomic mass is 9.96. The first-order chi connectivity index (χ1) is 11.2. The number of methoxy groups -OCH3 is 1. The Balaban J connectivity index is 1.67. The molecule has 0 spiro atoms. The molecule has 5 nitrogen and oxygen atoms in total. The number of rotatable bonds is 4. The number of benzene rings is 1. The molecule has 2 aliphatic heterocycles. The van der Waals surface area contributed by atoms with E-state index >= 15 is 0 Å². The number of nitrogens with zero attached hydrogens (tertiary/aromatic N) is 1. The molecule has 0 bridgehead atoms. The maximum absolute atomic E-state index is 12.8. The zero-order valence-electron chi connectivity index (χ0n) is 13.6. The molecule has 1 aromatic rings. The van der Waals surface area contributed by atoms with Gasteiger partial charge in [-0.05, 0) is 37.3 Å². The fourth-order valence-electron chi connectivity index (χ4n) is 3.64. The van der Waals surface area contributed by atoms with Gasteiger partial charge in [0.1, 0.15) is 5.75 Å². The molecule has 0 aromatic heterocycles. The Labute approximate surface area is 137 Å². The number of ether oxygens (including phenoxy) is 1. The Morgan fingerprint density at radius 1 is 1.35 bits per heavy atom. The number of amides is 2. The Morgan fingerprint density at radius 2 is 2.17 bits per heavy atom. The minimum atomic E-state index is -0.0639. The largest absolute Gasteiger partial charge is 0.496 e. The number of likely N-dealkylation sites (tertiary alicyclic amines) is 1. The van der Waals surface area contributed by atoms with Crippen LogP contribution in [0.5, 0.6) is 5.75 Å². The lowest BCUT2D eigenvalue weighted by Gasteiger charge is -2.31. The van der Waals surface area contributed by atoms with E-state index in [4.69, 9.17) is 4.74 Å². The summed E-state index contributed by atoms with van der Waals surface area (Å²) in [6, 6.07) is 8.24. The van der Waals surface area contributed by atoms with Crippen molar-refractivity contribution in [2.24, 2.45) is 5.92 Å². The van der Waals surface area contributed by atoms with Gasteiger partial charge in [0.15, 0.2) is 0 Å². The maximum atomic E-state index is 12.8. The van der Waals surface area contributed by atoms with Crippen molar-refractivity contribution in [3.63, 3.8) is 0 Å². The lowest BCUT2D eigenvalue weighted by molar-refractivity contribution is -0.138. The van der Waals surface area contributed by atoms with E-state index < -0.39 is 0 Å². The number of piperidine rings is 1. The second kappa shape index (κ2) is 7.02. The zero-order valence-corrected chi connectivity index (χ0v) is 13.6. The first kappa shape index (κ1) is 15.8. The van der Waals surface area contributed by atoms with Crippen molar-refractivity contribution in [2.45, 2.75) is 38.1 Å². The number of hydrogen-bond acceptors (Lipinski definition) is 3. The number of hydrogen-bond donors (Lipinski definition) is 1. The smallest absolute Gasteiger partial charge is 0.227 e. The minimum absolute atomic E-state index is 0.0565. The fourth-order valence-corrected chi connectivity index (χ4v) is 3.64. The molecule has 23 heavy (non-hydrogen) atoms. The number of para-hydroxylation sites is 1. The summed E-state index contributed by atoms with van der Waals surface area (Å²) in [5, 5.41) is 2.81. The molecular weight excluding hydrogens is 292 g/mol. The highest BCUT2D eigenvalue weighted by Crippen LogP contribution is 2.28. The average molecular weight is 316 g/mol. The quantitative estimate of drug-likeness (QED) is 0.921. The normalized spacial score (nSPS) is 24.4. The molecule has 0 saturated carbocycles. The molecule has 5 heteroatoms. The van der Waals surface area contributed by atoms with Crippen LogP contribution in [0, 0.1) is 5.92 Å². The van der Waals surface area contributed by atoms with Gasteiger partial charge < -0.3 is 15.0 Å². The predicted molar refractivity (Wildman–Crippen MR) is 87.2 cm³/mol. The van der Waals surface area contributed by atoms with Crippen molar-refractivity contribution < 1.29 is 14.3 Å². The molecule has 0 unspecified atom stereocenters. The van der Waals surface area contributed by atoms with Crippen molar-refractivity contribution >= 4 is 11.8 Å². The average Bonchev–Trinajstić information content (AvgIpc) is 3.03. The number of nitrogens with one attached hydrogen (secondary N) is 1.